The topological polar surface area (TPSA) is 38.4 Å². The van der Waals surface area contributed by atoms with E-state index in [1.165, 1.54) is 6.07 Å². The van der Waals surface area contributed by atoms with Crippen molar-refractivity contribution < 1.29 is 4.39 Å². The molecule has 0 saturated heterocycles. The molecule has 0 unspecified atom stereocenters. The molecule has 0 aliphatic heterocycles. The SMILES string of the molecule is Cc1cccc(F)c1N=C(N)C1CC1. The number of aliphatic imine (C=N–C) groups is 1. The van der Waals surface area contributed by atoms with Crippen molar-refractivity contribution in [2.75, 3.05) is 0 Å². The highest BCUT2D eigenvalue weighted by molar-refractivity contribution is 5.87. The van der Waals surface area contributed by atoms with Crippen LogP contribution >= 0.6 is 0 Å². The Labute approximate surface area is 82.7 Å². The third-order valence-corrected chi connectivity index (χ3v) is 2.43. The van der Waals surface area contributed by atoms with Crippen molar-refractivity contribution in [1.29, 1.82) is 0 Å². The first-order chi connectivity index (χ1) is 6.68. The van der Waals surface area contributed by atoms with Crippen molar-refractivity contribution in [3.63, 3.8) is 0 Å². The number of nitrogens with zero attached hydrogens (tertiary/aromatic N) is 1. The van der Waals surface area contributed by atoms with E-state index in [0.717, 1.165) is 18.4 Å². The maximum Gasteiger partial charge on any atom is 0.149 e. The molecule has 0 radical (unpaired) electrons. The number of hydrogen-bond donors (Lipinski definition) is 1. The highest BCUT2D eigenvalue weighted by Gasteiger charge is 2.25. The van der Waals surface area contributed by atoms with Crippen LogP contribution in [0.15, 0.2) is 23.2 Å². The average molecular weight is 192 g/mol. The van der Waals surface area contributed by atoms with Crippen LogP contribution in [0.25, 0.3) is 0 Å². The van der Waals surface area contributed by atoms with Crippen LogP contribution in [-0.2, 0) is 0 Å². The van der Waals surface area contributed by atoms with Gasteiger partial charge in [0.25, 0.3) is 0 Å². The second kappa shape index (κ2) is 3.40. The van der Waals surface area contributed by atoms with Gasteiger partial charge in [0.2, 0.25) is 0 Å². The van der Waals surface area contributed by atoms with Gasteiger partial charge in [0.1, 0.15) is 17.3 Å². The molecule has 0 amide bonds. The lowest BCUT2D eigenvalue weighted by Gasteiger charge is -2.03. The lowest BCUT2D eigenvalue weighted by atomic mass is 10.2. The fourth-order valence-corrected chi connectivity index (χ4v) is 1.36. The lowest BCUT2D eigenvalue weighted by molar-refractivity contribution is 0.628. The monoisotopic (exact) mass is 192 g/mol. The maximum atomic E-state index is 13.3. The molecule has 1 aliphatic rings. The molecule has 0 bridgehead atoms. The number of amidine groups is 1. The van der Waals surface area contributed by atoms with E-state index in [4.69, 9.17) is 5.73 Å². The van der Waals surface area contributed by atoms with Crippen LogP contribution in [0.4, 0.5) is 10.1 Å². The molecule has 1 aromatic carbocycles. The first-order valence-corrected chi connectivity index (χ1v) is 4.77. The molecular weight excluding hydrogens is 179 g/mol. The fraction of sp³-hybridized carbons (Fsp3) is 0.364. The number of hydrogen-bond acceptors (Lipinski definition) is 1. The second-order valence-electron chi connectivity index (χ2n) is 3.72. The van der Waals surface area contributed by atoms with E-state index in [0.29, 0.717) is 17.4 Å². The number of rotatable bonds is 2. The molecule has 2 rings (SSSR count). The fourth-order valence-electron chi connectivity index (χ4n) is 1.36. The molecule has 2 N–H and O–H groups in total. The van der Waals surface area contributed by atoms with E-state index in [-0.39, 0.29) is 5.82 Å². The minimum Gasteiger partial charge on any atom is -0.387 e. The van der Waals surface area contributed by atoms with Gasteiger partial charge in [0, 0.05) is 5.92 Å². The van der Waals surface area contributed by atoms with Crippen molar-refractivity contribution in [1.82, 2.24) is 0 Å². The van der Waals surface area contributed by atoms with E-state index in [1.54, 1.807) is 6.07 Å². The zero-order chi connectivity index (χ0) is 10.1. The van der Waals surface area contributed by atoms with E-state index in [2.05, 4.69) is 4.99 Å². The average Bonchev–Trinajstić information content (AvgIpc) is 2.94. The molecular formula is C11H13FN2. The summed E-state index contributed by atoms with van der Waals surface area (Å²) in [6.45, 7) is 1.84. The Kier molecular flexibility index (Phi) is 2.23. The summed E-state index contributed by atoms with van der Waals surface area (Å²) in [5, 5.41) is 0. The third-order valence-electron chi connectivity index (χ3n) is 2.43. The van der Waals surface area contributed by atoms with E-state index >= 15 is 0 Å². The second-order valence-corrected chi connectivity index (χ2v) is 3.72. The summed E-state index contributed by atoms with van der Waals surface area (Å²) in [5.41, 5.74) is 6.95. The minimum absolute atomic E-state index is 0.298. The van der Waals surface area contributed by atoms with Gasteiger partial charge in [0.15, 0.2) is 0 Å². The van der Waals surface area contributed by atoms with Crippen molar-refractivity contribution in [2.24, 2.45) is 16.6 Å². The summed E-state index contributed by atoms with van der Waals surface area (Å²) in [4.78, 5) is 4.14. The van der Waals surface area contributed by atoms with Crippen LogP contribution in [0.5, 0.6) is 0 Å². The molecule has 1 aliphatic carbocycles. The van der Waals surface area contributed by atoms with Gasteiger partial charge in [-0.3, -0.25) is 0 Å². The first kappa shape index (κ1) is 9.19. The number of aryl methyl sites for hydroxylation is 1. The number of benzene rings is 1. The maximum absolute atomic E-state index is 13.3. The highest BCUT2D eigenvalue weighted by Crippen LogP contribution is 2.31. The van der Waals surface area contributed by atoms with Gasteiger partial charge >= 0.3 is 0 Å². The Morgan fingerprint density at radius 1 is 1.50 bits per heavy atom. The normalized spacial score (nSPS) is 17.1. The minimum atomic E-state index is -0.298. The molecule has 0 spiro atoms. The summed E-state index contributed by atoms with van der Waals surface area (Å²) in [7, 11) is 0. The van der Waals surface area contributed by atoms with Crippen LogP contribution in [0.1, 0.15) is 18.4 Å². The molecule has 1 aromatic rings. The van der Waals surface area contributed by atoms with Crippen LogP contribution < -0.4 is 5.73 Å². The summed E-state index contributed by atoms with van der Waals surface area (Å²) in [6.07, 6.45) is 2.17. The van der Waals surface area contributed by atoms with Gasteiger partial charge in [-0.15, -0.1) is 0 Å². The van der Waals surface area contributed by atoms with Gasteiger partial charge in [-0.2, -0.15) is 0 Å². The van der Waals surface area contributed by atoms with Crippen molar-refractivity contribution in [2.45, 2.75) is 19.8 Å². The lowest BCUT2D eigenvalue weighted by Crippen LogP contribution is -2.13. The molecule has 74 valence electrons. The van der Waals surface area contributed by atoms with Gasteiger partial charge in [-0.1, -0.05) is 12.1 Å². The quantitative estimate of drug-likeness (QED) is 0.567. The zero-order valence-corrected chi connectivity index (χ0v) is 8.13. The van der Waals surface area contributed by atoms with Crippen LogP contribution in [0.2, 0.25) is 0 Å². The van der Waals surface area contributed by atoms with E-state index in [9.17, 15) is 4.39 Å². The molecule has 14 heavy (non-hydrogen) atoms. The van der Waals surface area contributed by atoms with Gasteiger partial charge in [-0.25, -0.2) is 9.38 Å². The largest absolute Gasteiger partial charge is 0.387 e. The third kappa shape index (κ3) is 1.76. The Balaban J connectivity index is 2.35. The summed E-state index contributed by atoms with van der Waals surface area (Å²) in [6, 6.07) is 4.92. The van der Waals surface area contributed by atoms with E-state index in [1.807, 2.05) is 13.0 Å². The molecule has 3 heteroatoms. The predicted molar refractivity (Wildman–Crippen MR) is 55.1 cm³/mol. The zero-order valence-electron chi connectivity index (χ0n) is 8.13. The Morgan fingerprint density at radius 3 is 2.79 bits per heavy atom. The molecule has 2 nitrogen and oxygen atoms in total. The number of nitrogens with two attached hydrogens (primary N) is 1. The first-order valence-electron chi connectivity index (χ1n) is 4.77. The molecule has 0 aromatic heterocycles. The Hall–Kier alpha value is -1.38. The van der Waals surface area contributed by atoms with Crippen molar-refractivity contribution in [3.05, 3.63) is 29.6 Å². The smallest absolute Gasteiger partial charge is 0.149 e. The van der Waals surface area contributed by atoms with Crippen LogP contribution in [0, 0.1) is 18.7 Å². The molecule has 1 fully saturated rings. The Morgan fingerprint density at radius 2 is 2.21 bits per heavy atom. The summed E-state index contributed by atoms with van der Waals surface area (Å²) in [5.74, 6) is 0.654. The number of halogens is 1. The molecule has 0 atom stereocenters. The number of para-hydroxylation sites is 1. The van der Waals surface area contributed by atoms with Crippen LogP contribution in [-0.4, -0.2) is 5.84 Å². The van der Waals surface area contributed by atoms with Gasteiger partial charge < -0.3 is 5.73 Å². The van der Waals surface area contributed by atoms with Crippen molar-refractivity contribution >= 4 is 11.5 Å². The standard InChI is InChI=1S/C11H13FN2/c1-7-3-2-4-9(12)10(7)14-11(13)8-5-6-8/h2-4,8H,5-6H2,1H3,(H2,13,14). The molecule has 0 heterocycles. The summed E-state index contributed by atoms with van der Waals surface area (Å²) < 4.78 is 13.3. The molecule has 1 saturated carbocycles. The van der Waals surface area contributed by atoms with Gasteiger partial charge in [0.05, 0.1) is 0 Å². The summed E-state index contributed by atoms with van der Waals surface area (Å²) >= 11 is 0. The van der Waals surface area contributed by atoms with Crippen LogP contribution in [0.3, 0.4) is 0 Å². The van der Waals surface area contributed by atoms with E-state index < -0.39 is 0 Å². The van der Waals surface area contributed by atoms with Crippen molar-refractivity contribution in [3.8, 4) is 0 Å². The van der Waals surface area contributed by atoms with Gasteiger partial charge in [-0.05, 0) is 31.4 Å². The Bertz CT molecular complexity index is 361. The predicted octanol–water partition coefficient (Wildman–Crippen LogP) is 2.53. The highest BCUT2D eigenvalue weighted by atomic mass is 19.1.